The number of ether oxygens (including phenoxy) is 2. The van der Waals surface area contributed by atoms with E-state index in [2.05, 4.69) is 25.0 Å². The highest BCUT2D eigenvalue weighted by Crippen LogP contribution is 2.21. The summed E-state index contributed by atoms with van der Waals surface area (Å²) in [6, 6.07) is 1.79. The minimum absolute atomic E-state index is 0.134. The van der Waals surface area contributed by atoms with Crippen LogP contribution in [0, 0.1) is 0 Å². The predicted octanol–water partition coefficient (Wildman–Crippen LogP) is 2.62. The first-order valence-electron chi connectivity index (χ1n) is 9.34. The molecule has 9 heteroatoms. The highest BCUT2D eigenvalue weighted by molar-refractivity contribution is 5.73. The molecule has 0 aromatic carbocycles. The number of fused-ring (bicyclic) bond motifs is 1. The van der Waals surface area contributed by atoms with Crippen molar-refractivity contribution in [3.05, 3.63) is 41.5 Å². The Hall–Kier alpha value is -3.23. The first-order valence-corrected chi connectivity index (χ1v) is 9.34. The topological polar surface area (TPSA) is 107 Å². The molecule has 0 radical (unpaired) electrons. The molecule has 29 heavy (non-hydrogen) atoms. The van der Waals surface area contributed by atoms with E-state index in [9.17, 15) is 9.59 Å². The van der Waals surface area contributed by atoms with Crippen molar-refractivity contribution in [3.63, 3.8) is 0 Å². The van der Waals surface area contributed by atoms with Gasteiger partial charge in [-0.05, 0) is 44.4 Å². The van der Waals surface area contributed by atoms with E-state index in [-0.39, 0.29) is 18.5 Å². The van der Waals surface area contributed by atoms with Crippen molar-refractivity contribution in [2.24, 2.45) is 0 Å². The molecule has 0 fully saturated rings. The van der Waals surface area contributed by atoms with Crippen molar-refractivity contribution in [2.45, 2.75) is 45.8 Å². The Labute approximate surface area is 169 Å². The monoisotopic (exact) mass is 399 g/mol. The van der Waals surface area contributed by atoms with Gasteiger partial charge in [0, 0.05) is 18.9 Å². The lowest BCUT2D eigenvalue weighted by atomic mass is 10.1. The fraction of sp³-hybridized carbons (Fsp3) is 0.450. The average Bonchev–Trinajstić information content (AvgIpc) is 2.66. The fourth-order valence-electron chi connectivity index (χ4n) is 2.87. The smallest absolute Gasteiger partial charge is 0.410 e. The van der Waals surface area contributed by atoms with E-state index in [0.717, 1.165) is 16.8 Å². The molecule has 0 atom stereocenters. The number of esters is 1. The zero-order valence-electron chi connectivity index (χ0n) is 17.1. The SMILES string of the molecule is COC(=O)Cc1cncc(Nc2ncc3c(n2)CN(C(=O)OC(C)(C)C)CC3)c1. The fourth-order valence-corrected chi connectivity index (χ4v) is 2.87. The van der Waals surface area contributed by atoms with Gasteiger partial charge >= 0.3 is 12.1 Å². The van der Waals surface area contributed by atoms with Crippen LogP contribution in [0.15, 0.2) is 24.7 Å². The number of rotatable bonds is 4. The van der Waals surface area contributed by atoms with Crippen molar-refractivity contribution >= 4 is 23.7 Å². The van der Waals surface area contributed by atoms with Gasteiger partial charge in [-0.2, -0.15) is 0 Å². The molecule has 3 heterocycles. The second kappa shape index (κ2) is 8.42. The molecular weight excluding hydrogens is 374 g/mol. The summed E-state index contributed by atoms with van der Waals surface area (Å²) in [6.07, 6.45) is 5.45. The molecule has 2 aromatic heterocycles. The third-order valence-electron chi connectivity index (χ3n) is 4.22. The highest BCUT2D eigenvalue weighted by atomic mass is 16.6. The summed E-state index contributed by atoms with van der Waals surface area (Å²) in [6.45, 7) is 6.46. The number of hydrogen-bond acceptors (Lipinski definition) is 8. The van der Waals surface area contributed by atoms with Gasteiger partial charge in [0.15, 0.2) is 0 Å². The van der Waals surface area contributed by atoms with Crippen LogP contribution in [0.3, 0.4) is 0 Å². The normalized spacial score (nSPS) is 13.4. The van der Waals surface area contributed by atoms with E-state index in [1.54, 1.807) is 29.6 Å². The summed E-state index contributed by atoms with van der Waals surface area (Å²) in [5, 5.41) is 3.10. The number of pyridine rings is 1. The van der Waals surface area contributed by atoms with E-state index < -0.39 is 5.60 Å². The van der Waals surface area contributed by atoms with E-state index in [1.807, 2.05) is 20.8 Å². The van der Waals surface area contributed by atoms with Crippen LogP contribution in [0.2, 0.25) is 0 Å². The Bertz CT molecular complexity index is 910. The zero-order chi connectivity index (χ0) is 21.0. The van der Waals surface area contributed by atoms with Gasteiger partial charge in [-0.1, -0.05) is 0 Å². The predicted molar refractivity (Wildman–Crippen MR) is 106 cm³/mol. The number of hydrogen-bond donors (Lipinski definition) is 1. The number of methoxy groups -OCH3 is 1. The summed E-state index contributed by atoms with van der Waals surface area (Å²) in [5.41, 5.74) is 2.62. The second-order valence-corrected chi connectivity index (χ2v) is 7.78. The maximum atomic E-state index is 12.3. The van der Waals surface area contributed by atoms with Crippen molar-refractivity contribution in [3.8, 4) is 0 Å². The molecule has 0 bridgehead atoms. The van der Waals surface area contributed by atoms with E-state index >= 15 is 0 Å². The minimum Gasteiger partial charge on any atom is -0.469 e. The lowest BCUT2D eigenvalue weighted by Gasteiger charge is -2.30. The van der Waals surface area contributed by atoms with Gasteiger partial charge in [0.2, 0.25) is 5.95 Å². The standard InChI is InChI=1S/C20H25N5O4/c1-20(2,3)29-19(27)25-6-5-14-10-22-18(24-16(14)12-25)23-15-7-13(9-21-11-15)8-17(26)28-4/h7,9-11H,5-6,8,12H2,1-4H3,(H,22,23,24). The maximum absolute atomic E-state index is 12.3. The molecule has 1 N–H and O–H groups in total. The van der Waals surface area contributed by atoms with E-state index in [0.29, 0.717) is 31.1 Å². The van der Waals surface area contributed by atoms with Gasteiger partial charge in [0.1, 0.15) is 5.60 Å². The number of nitrogens with one attached hydrogen (secondary N) is 1. The molecule has 154 valence electrons. The number of aromatic nitrogens is 3. The molecule has 0 saturated heterocycles. The van der Waals surface area contributed by atoms with Crippen LogP contribution in [0.4, 0.5) is 16.4 Å². The highest BCUT2D eigenvalue weighted by Gasteiger charge is 2.26. The third kappa shape index (κ3) is 5.63. The molecule has 2 aromatic rings. The van der Waals surface area contributed by atoms with Crippen LogP contribution in [-0.2, 0) is 33.7 Å². The van der Waals surface area contributed by atoms with Crippen molar-refractivity contribution in [1.29, 1.82) is 0 Å². The number of amides is 1. The van der Waals surface area contributed by atoms with Crippen LogP contribution in [0.1, 0.15) is 37.6 Å². The van der Waals surface area contributed by atoms with Crippen LogP contribution in [0.25, 0.3) is 0 Å². The molecule has 1 aliphatic rings. The quantitative estimate of drug-likeness (QED) is 0.782. The maximum Gasteiger partial charge on any atom is 0.410 e. The van der Waals surface area contributed by atoms with E-state index in [1.165, 1.54) is 7.11 Å². The van der Waals surface area contributed by atoms with Crippen molar-refractivity contribution < 1.29 is 19.1 Å². The molecule has 0 spiro atoms. The number of carbonyl (C=O) groups excluding carboxylic acids is 2. The van der Waals surface area contributed by atoms with Gasteiger partial charge in [-0.15, -0.1) is 0 Å². The first kappa shape index (κ1) is 20.5. The van der Waals surface area contributed by atoms with Gasteiger partial charge in [0.05, 0.1) is 37.7 Å². The lowest BCUT2D eigenvalue weighted by molar-refractivity contribution is -0.139. The number of nitrogens with zero attached hydrogens (tertiary/aromatic N) is 4. The lowest BCUT2D eigenvalue weighted by Crippen LogP contribution is -2.40. The Morgan fingerprint density at radius 1 is 1.24 bits per heavy atom. The molecule has 0 aliphatic carbocycles. The summed E-state index contributed by atoms with van der Waals surface area (Å²) in [4.78, 5) is 38.5. The van der Waals surface area contributed by atoms with Gasteiger partial charge in [-0.25, -0.2) is 14.8 Å². The Morgan fingerprint density at radius 3 is 2.76 bits per heavy atom. The minimum atomic E-state index is -0.544. The average molecular weight is 399 g/mol. The Morgan fingerprint density at radius 2 is 2.03 bits per heavy atom. The van der Waals surface area contributed by atoms with E-state index in [4.69, 9.17) is 4.74 Å². The van der Waals surface area contributed by atoms with Gasteiger partial charge < -0.3 is 19.7 Å². The largest absolute Gasteiger partial charge is 0.469 e. The van der Waals surface area contributed by atoms with Crippen LogP contribution < -0.4 is 5.32 Å². The number of anilines is 2. The second-order valence-electron chi connectivity index (χ2n) is 7.78. The Kier molecular flexibility index (Phi) is 5.95. The summed E-state index contributed by atoms with van der Waals surface area (Å²) in [7, 11) is 1.35. The molecule has 0 unspecified atom stereocenters. The van der Waals surface area contributed by atoms with Crippen LogP contribution >= 0.6 is 0 Å². The molecule has 1 amide bonds. The van der Waals surface area contributed by atoms with Crippen molar-refractivity contribution in [2.75, 3.05) is 19.0 Å². The van der Waals surface area contributed by atoms with Gasteiger partial charge in [0.25, 0.3) is 0 Å². The summed E-state index contributed by atoms with van der Waals surface area (Å²) >= 11 is 0. The zero-order valence-corrected chi connectivity index (χ0v) is 17.1. The molecule has 0 saturated carbocycles. The van der Waals surface area contributed by atoms with Crippen LogP contribution in [-0.4, -0.2) is 51.2 Å². The third-order valence-corrected chi connectivity index (χ3v) is 4.22. The Balaban J connectivity index is 1.71. The molecule has 9 nitrogen and oxygen atoms in total. The first-order chi connectivity index (χ1) is 13.7. The van der Waals surface area contributed by atoms with Gasteiger partial charge in [-0.3, -0.25) is 9.78 Å². The summed E-state index contributed by atoms with van der Waals surface area (Å²) in [5.74, 6) is 0.0584. The van der Waals surface area contributed by atoms with Crippen molar-refractivity contribution in [1.82, 2.24) is 19.9 Å². The summed E-state index contributed by atoms with van der Waals surface area (Å²) < 4.78 is 10.1. The van der Waals surface area contributed by atoms with Crippen LogP contribution in [0.5, 0.6) is 0 Å². The molecule has 3 rings (SSSR count). The molecule has 1 aliphatic heterocycles. The number of carbonyl (C=O) groups is 2. The molecular formula is C20H25N5O4.